The van der Waals surface area contributed by atoms with Crippen molar-refractivity contribution in [1.29, 1.82) is 0 Å². The highest BCUT2D eigenvalue weighted by molar-refractivity contribution is 5.75. The maximum Gasteiger partial charge on any atom is 0.320 e. The number of hydrogen-bond acceptors (Lipinski definition) is 2. The summed E-state index contributed by atoms with van der Waals surface area (Å²) in [4.78, 5) is 16.4. The molecule has 1 aromatic rings. The van der Waals surface area contributed by atoms with Gasteiger partial charge < -0.3 is 14.5 Å². The van der Waals surface area contributed by atoms with Gasteiger partial charge in [0.15, 0.2) is 0 Å². The van der Waals surface area contributed by atoms with Gasteiger partial charge in [-0.3, -0.25) is 0 Å². The van der Waals surface area contributed by atoms with E-state index in [4.69, 9.17) is 4.74 Å². The number of amides is 2. The normalized spacial score (nSPS) is 20.6. The van der Waals surface area contributed by atoms with Gasteiger partial charge in [0.1, 0.15) is 11.4 Å². The first-order valence-electron chi connectivity index (χ1n) is 7.25. The summed E-state index contributed by atoms with van der Waals surface area (Å²) in [5.74, 6) is 0.891. The van der Waals surface area contributed by atoms with Gasteiger partial charge >= 0.3 is 6.03 Å². The van der Waals surface area contributed by atoms with Gasteiger partial charge in [0.05, 0.1) is 13.1 Å². The number of carbonyl (C=O) groups is 1. The zero-order valence-electron chi connectivity index (χ0n) is 12.4. The molecule has 0 saturated heterocycles. The van der Waals surface area contributed by atoms with Gasteiger partial charge in [-0.15, -0.1) is 0 Å². The quantitative estimate of drug-likeness (QED) is 0.789. The van der Waals surface area contributed by atoms with Gasteiger partial charge in [0.25, 0.3) is 0 Å². The van der Waals surface area contributed by atoms with E-state index in [2.05, 4.69) is 0 Å². The summed E-state index contributed by atoms with van der Waals surface area (Å²) >= 11 is 0. The third kappa shape index (κ3) is 2.60. The molecule has 4 heteroatoms. The van der Waals surface area contributed by atoms with Crippen molar-refractivity contribution >= 4 is 6.03 Å². The molecule has 1 aromatic carbocycles. The van der Waals surface area contributed by atoms with Crippen LogP contribution in [-0.4, -0.2) is 41.1 Å². The number of rotatable bonds is 1. The van der Waals surface area contributed by atoms with E-state index in [1.54, 1.807) is 0 Å². The molecule has 2 amide bonds. The van der Waals surface area contributed by atoms with Gasteiger partial charge in [-0.2, -0.15) is 0 Å². The number of para-hydroxylation sites is 1. The lowest BCUT2D eigenvalue weighted by Gasteiger charge is -2.32. The smallest absolute Gasteiger partial charge is 0.320 e. The zero-order chi connectivity index (χ0) is 14.3. The number of fused-ring (bicyclic) bond motifs is 1. The maximum atomic E-state index is 12.6. The summed E-state index contributed by atoms with van der Waals surface area (Å²) in [6.45, 7) is 5.30. The molecule has 0 aromatic heterocycles. The third-order valence-electron chi connectivity index (χ3n) is 3.96. The van der Waals surface area contributed by atoms with E-state index in [0.29, 0.717) is 19.1 Å². The number of carbonyl (C=O) groups excluding carboxylic acids is 1. The predicted octanol–water partition coefficient (Wildman–Crippen LogP) is 2.87. The number of urea groups is 1. The first-order chi connectivity index (χ1) is 9.46. The van der Waals surface area contributed by atoms with Crippen LogP contribution < -0.4 is 4.74 Å². The summed E-state index contributed by atoms with van der Waals surface area (Å²) in [6, 6.07) is 8.53. The molecule has 0 unspecified atom stereocenters. The lowest BCUT2D eigenvalue weighted by atomic mass is 10.1. The van der Waals surface area contributed by atoms with Crippen LogP contribution in [0, 0.1) is 0 Å². The van der Waals surface area contributed by atoms with E-state index in [1.165, 1.54) is 0 Å². The van der Waals surface area contributed by atoms with Crippen LogP contribution in [0.25, 0.3) is 0 Å². The van der Waals surface area contributed by atoms with Crippen molar-refractivity contribution in [2.75, 3.05) is 13.6 Å². The van der Waals surface area contributed by atoms with Crippen LogP contribution in [0.3, 0.4) is 0 Å². The molecule has 1 aliphatic carbocycles. The Balaban J connectivity index is 1.86. The van der Waals surface area contributed by atoms with E-state index in [1.807, 2.05) is 55.0 Å². The fourth-order valence-electron chi connectivity index (χ4n) is 2.76. The largest absolute Gasteiger partial charge is 0.486 e. The number of ether oxygens (including phenoxy) is 1. The Morgan fingerprint density at radius 3 is 2.75 bits per heavy atom. The molecule has 0 atom stereocenters. The lowest BCUT2D eigenvalue weighted by molar-refractivity contribution is 0.0727. The van der Waals surface area contributed by atoms with E-state index in [-0.39, 0.29) is 11.6 Å². The van der Waals surface area contributed by atoms with E-state index in [9.17, 15) is 4.79 Å². The summed E-state index contributed by atoms with van der Waals surface area (Å²) in [7, 11) is 1.91. The van der Waals surface area contributed by atoms with Crippen molar-refractivity contribution < 1.29 is 9.53 Å². The monoisotopic (exact) mass is 274 g/mol. The molecule has 1 heterocycles. The molecule has 0 N–H and O–H groups in total. The standard InChI is InChI=1S/C16H22N2O2/c1-16(2)11-18(15(19)17(3)13-8-9-13)10-12-6-4-5-7-14(12)20-16/h4-7,13H,8-11H2,1-3H3. The Morgan fingerprint density at radius 1 is 1.35 bits per heavy atom. The molecular formula is C16H22N2O2. The van der Waals surface area contributed by atoms with Crippen molar-refractivity contribution in [2.45, 2.75) is 44.9 Å². The van der Waals surface area contributed by atoms with Crippen molar-refractivity contribution in [1.82, 2.24) is 9.80 Å². The molecule has 0 bridgehead atoms. The van der Waals surface area contributed by atoms with Gasteiger partial charge in [-0.25, -0.2) is 4.79 Å². The summed E-state index contributed by atoms with van der Waals surface area (Å²) < 4.78 is 6.07. The van der Waals surface area contributed by atoms with Crippen LogP contribution in [0.4, 0.5) is 4.79 Å². The molecule has 1 saturated carbocycles. The summed E-state index contributed by atoms with van der Waals surface area (Å²) in [5.41, 5.74) is 0.711. The average Bonchev–Trinajstić information content (AvgIpc) is 3.21. The molecule has 0 radical (unpaired) electrons. The number of hydrogen-bond donors (Lipinski definition) is 0. The first-order valence-corrected chi connectivity index (χ1v) is 7.25. The maximum absolute atomic E-state index is 12.6. The molecule has 20 heavy (non-hydrogen) atoms. The lowest BCUT2D eigenvalue weighted by Crippen LogP contribution is -2.48. The second-order valence-electron chi connectivity index (χ2n) is 6.45. The molecular weight excluding hydrogens is 252 g/mol. The minimum atomic E-state index is -0.368. The van der Waals surface area contributed by atoms with E-state index >= 15 is 0 Å². The molecule has 2 aliphatic rings. The minimum Gasteiger partial charge on any atom is -0.486 e. The highest BCUT2D eigenvalue weighted by Gasteiger charge is 2.36. The fraction of sp³-hybridized carbons (Fsp3) is 0.562. The van der Waals surface area contributed by atoms with Gasteiger partial charge in [-0.1, -0.05) is 18.2 Å². The molecule has 1 fully saturated rings. The zero-order valence-corrected chi connectivity index (χ0v) is 12.4. The van der Waals surface area contributed by atoms with Crippen LogP contribution in [0.1, 0.15) is 32.3 Å². The van der Waals surface area contributed by atoms with Crippen molar-refractivity contribution in [3.05, 3.63) is 29.8 Å². The number of nitrogens with zero attached hydrogens (tertiary/aromatic N) is 2. The Bertz CT molecular complexity index is 523. The molecule has 1 aliphatic heterocycles. The Kier molecular flexibility index (Phi) is 3.11. The highest BCUT2D eigenvalue weighted by atomic mass is 16.5. The second-order valence-corrected chi connectivity index (χ2v) is 6.45. The Labute approximate surface area is 120 Å². The summed E-state index contributed by atoms with van der Waals surface area (Å²) in [6.07, 6.45) is 2.26. The van der Waals surface area contributed by atoms with Crippen molar-refractivity contribution in [2.24, 2.45) is 0 Å². The number of benzene rings is 1. The second kappa shape index (κ2) is 4.69. The Morgan fingerprint density at radius 2 is 2.05 bits per heavy atom. The van der Waals surface area contributed by atoms with Crippen LogP contribution in [0.2, 0.25) is 0 Å². The van der Waals surface area contributed by atoms with Crippen LogP contribution in [0.15, 0.2) is 24.3 Å². The average molecular weight is 274 g/mol. The van der Waals surface area contributed by atoms with Crippen LogP contribution in [-0.2, 0) is 6.54 Å². The van der Waals surface area contributed by atoms with Crippen molar-refractivity contribution in [3.8, 4) is 5.75 Å². The van der Waals surface area contributed by atoms with E-state index < -0.39 is 0 Å². The molecule has 3 rings (SSSR count). The van der Waals surface area contributed by atoms with Gasteiger partial charge in [0, 0.05) is 18.7 Å². The Hall–Kier alpha value is -1.71. The van der Waals surface area contributed by atoms with Crippen molar-refractivity contribution in [3.63, 3.8) is 0 Å². The van der Waals surface area contributed by atoms with Crippen LogP contribution in [0.5, 0.6) is 5.75 Å². The molecule has 108 valence electrons. The minimum absolute atomic E-state index is 0.112. The molecule has 0 spiro atoms. The van der Waals surface area contributed by atoms with Gasteiger partial charge in [0.2, 0.25) is 0 Å². The van der Waals surface area contributed by atoms with E-state index in [0.717, 1.165) is 24.2 Å². The predicted molar refractivity (Wildman–Crippen MR) is 77.7 cm³/mol. The van der Waals surface area contributed by atoms with Gasteiger partial charge in [-0.05, 0) is 32.8 Å². The summed E-state index contributed by atoms with van der Waals surface area (Å²) in [5, 5.41) is 0. The third-order valence-corrected chi connectivity index (χ3v) is 3.96. The SMILES string of the molecule is CN(C(=O)N1Cc2ccccc2OC(C)(C)C1)C1CC1. The fourth-order valence-corrected chi connectivity index (χ4v) is 2.76. The topological polar surface area (TPSA) is 32.8 Å². The highest BCUT2D eigenvalue weighted by Crippen LogP contribution is 2.31. The van der Waals surface area contributed by atoms with Crippen LogP contribution >= 0.6 is 0 Å². The first kappa shape index (κ1) is 13.3. The molecule has 4 nitrogen and oxygen atoms in total.